The van der Waals surface area contributed by atoms with Gasteiger partial charge in [0.2, 0.25) is 0 Å². The molecule has 4 rings (SSSR count). The van der Waals surface area contributed by atoms with Crippen LogP contribution in [0.2, 0.25) is 0 Å². The summed E-state index contributed by atoms with van der Waals surface area (Å²) in [6.45, 7) is 12.1. The molecule has 6 nitrogen and oxygen atoms in total. The van der Waals surface area contributed by atoms with E-state index in [1.54, 1.807) is 12.5 Å². The van der Waals surface area contributed by atoms with Gasteiger partial charge in [0.15, 0.2) is 5.72 Å². The lowest BCUT2D eigenvalue weighted by atomic mass is 9.94. The number of fused-ring (bicyclic) bond motifs is 2. The van der Waals surface area contributed by atoms with Crippen LogP contribution in [-0.2, 0) is 4.74 Å². The molecule has 166 valence electrons. The van der Waals surface area contributed by atoms with Gasteiger partial charge in [-0.05, 0) is 84.5 Å². The van der Waals surface area contributed by atoms with Crippen LogP contribution in [0, 0.1) is 17.8 Å². The van der Waals surface area contributed by atoms with Crippen LogP contribution >= 0.6 is 11.3 Å². The number of carbonyl (C=O) groups excluding carboxylic acids is 1. The number of rotatable bonds is 6. The van der Waals surface area contributed by atoms with Crippen LogP contribution < -0.4 is 10.1 Å². The lowest BCUT2D eigenvalue weighted by Crippen LogP contribution is -2.50. The van der Waals surface area contributed by atoms with Gasteiger partial charge in [-0.3, -0.25) is 9.69 Å². The molecule has 3 aliphatic rings. The Bertz CT molecular complexity index is 791. The molecule has 7 heteroatoms. The van der Waals surface area contributed by atoms with Gasteiger partial charge in [0.05, 0.1) is 12.7 Å². The Hall–Kier alpha value is -1.60. The van der Waals surface area contributed by atoms with Crippen molar-refractivity contribution in [2.75, 3.05) is 13.1 Å². The second-order valence-corrected chi connectivity index (χ2v) is 11.4. The van der Waals surface area contributed by atoms with Gasteiger partial charge in [0.1, 0.15) is 16.9 Å². The molecule has 0 unspecified atom stereocenters. The van der Waals surface area contributed by atoms with Crippen LogP contribution in [-0.4, -0.2) is 40.1 Å². The minimum absolute atomic E-state index is 0.0104. The van der Waals surface area contributed by atoms with E-state index in [0.717, 1.165) is 36.5 Å². The van der Waals surface area contributed by atoms with E-state index in [1.165, 1.54) is 37.0 Å². The van der Waals surface area contributed by atoms with E-state index in [0.29, 0.717) is 16.6 Å². The van der Waals surface area contributed by atoms with E-state index < -0.39 is 0 Å². The van der Waals surface area contributed by atoms with Crippen molar-refractivity contribution in [2.45, 2.75) is 78.0 Å². The first kappa shape index (κ1) is 21.6. The fourth-order valence-corrected chi connectivity index (χ4v) is 6.35. The molecule has 1 aromatic rings. The molecule has 1 aromatic heterocycles. The maximum Gasteiger partial charge on any atom is 0.278 e. The lowest BCUT2D eigenvalue weighted by Gasteiger charge is -2.39. The van der Waals surface area contributed by atoms with Crippen molar-refractivity contribution >= 4 is 17.2 Å². The predicted molar refractivity (Wildman–Crippen MR) is 118 cm³/mol. The first-order valence-electron chi connectivity index (χ1n) is 11.2. The molecule has 30 heavy (non-hydrogen) atoms. The van der Waals surface area contributed by atoms with Crippen LogP contribution in [0.15, 0.2) is 18.2 Å². The van der Waals surface area contributed by atoms with E-state index in [1.807, 2.05) is 0 Å². The van der Waals surface area contributed by atoms with Crippen LogP contribution in [0.5, 0.6) is 5.19 Å². The Kier molecular flexibility index (Phi) is 5.88. The second kappa shape index (κ2) is 8.15. The normalized spacial score (nSPS) is 29.4. The number of amides is 1. The van der Waals surface area contributed by atoms with Gasteiger partial charge in [-0.15, -0.1) is 0 Å². The number of hydrogen-bond donors (Lipinski definition) is 1. The van der Waals surface area contributed by atoms with Crippen molar-refractivity contribution in [2.24, 2.45) is 17.8 Å². The first-order chi connectivity index (χ1) is 14.1. The van der Waals surface area contributed by atoms with Crippen molar-refractivity contribution in [1.82, 2.24) is 15.2 Å². The van der Waals surface area contributed by atoms with E-state index in [-0.39, 0.29) is 17.2 Å². The van der Waals surface area contributed by atoms with Crippen LogP contribution in [0.3, 0.4) is 0 Å². The van der Waals surface area contributed by atoms with Crippen molar-refractivity contribution in [3.63, 3.8) is 0 Å². The highest BCUT2D eigenvalue weighted by molar-refractivity contribution is 7.15. The van der Waals surface area contributed by atoms with E-state index in [4.69, 9.17) is 9.47 Å². The van der Waals surface area contributed by atoms with Crippen LogP contribution in [0.25, 0.3) is 0 Å². The molecule has 0 aromatic carbocycles. The molecule has 2 bridgehead atoms. The van der Waals surface area contributed by atoms with E-state index >= 15 is 0 Å². The Labute approximate surface area is 184 Å². The first-order valence-corrected chi connectivity index (χ1v) is 12.0. The average Bonchev–Trinajstić information content (AvgIpc) is 3.43. The smallest absolute Gasteiger partial charge is 0.278 e. The summed E-state index contributed by atoms with van der Waals surface area (Å²) in [5.74, 6) is 3.33. The highest BCUT2D eigenvalue weighted by Crippen LogP contribution is 2.50. The zero-order valence-corrected chi connectivity index (χ0v) is 19.7. The Morgan fingerprint density at radius 2 is 2.00 bits per heavy atom. The number of carbonyl (C=O) groups is 1. The summed E-state index contributed by atoms with van der Waals surface area (Å²) in [6.07, 6.45) is 9.88. The summed E-state index contributed by atoms with van der Waals surface area (Å²) in [7, 11) is 0. The summed E-state index contributed by atoms with van der Waals surface area (Å²) in [4.78, 5) is 19.6. The second-order valence-electron chi connectivity index (χ2n) is 10.4. The largest absolute Gasteiger partial charge is 0.473 e. The monoisotopic (exact) mass is 433 g/mol. The molecule has 3 fully saturated rings. The summed E-state index contributed by atoms with van der Waals surface area (Å²) >= 11 is 1.27. The number of nitrogens with zero attached hydrogens (tertiary/aromatic N) is 2. The number of ether oxygens (including phenoxy) is 2. The number of nitrogens with one attached hydrogen (secondary N) is 1. The SMILES string of the molecule is CC(C)(C)N1CC(=COc2ncc(C(=O)NCCC3C4CCC3CC4)s2)OC1(C)C. The molecule has 1 saturated heterocycles. The molecule has 0 radical (unpaired) electrons. The van der Waals surface area contributed by atoms with Crippen molar-refractivity contribution in [3.05, 3.63) is 23.1 Å². The molecule has 1 N–H and O–H groups in total. The third kappa shape index (κ3) is 4.52. The summed E-state index contributed by atoms with van der Waals surface area (Å²) in [5.41, 5.74) is -0.399. The van der Waals surface area contributed by atoms with Gasteiger partial charge in [-0.25, -0.2) is 4.98 Å². The maximum absolute atomic E-state index is 12.5. The minimum atomic E-state index is -0.389. The van der Waals surface area contributed by atoms with Crippen molar-refractivity contribution < 1.29 is 14.3 Å². The fraction of sp³-hybridized carbons (Fsp3) is 0.739. The molecular weight excluding hydrogens is 398 g/mol. The molecule has 2 heterocycles. The number of aromatic nitrogens is 1. The van der Waals surface area contributed by atoms with Gasteiger partial charge in [-0.2, -0.15) is 0 Å². The highest BCUT2D eigenvalue weighted by Gasteiger charge is 2.43. The zero-order chi connectivity index (χ0) is 21.5. The zero-order valence-electron chi connectivity index (χ0n) is 18.9. The van der Waals surface area contributed by atoms with E-state index in [9.17, 15) is 4.79 Å². The van der Waals surface area contributed by atoms with Crippen LogP contribution in [0.4, 0.5) is 0 Å². The van der Waals surface area contributed by atoms with Gasteiger partial charge in [-0.1, -0.05) is 11.3 Å². The Morgan fingerprint density at radius 3 is 2.60 bits per heavy atom. The van der Waals surface area contributed by atoms with Crippen molar-refractivity contribution in [3.8, 4) is 5.19 Å². The third-order valence-corrected chi connectivity index (χ3v) is 7.83. The standard InChI is InChI=1S/C23H35N3O3S/c1-22(2,3)26-13-17(29-23(26,4)5)14-28-21-25-12-19(30-21)20(27)24-11-10-18-15-6-7-16(18)9-8-15/h12,14-16,18H,6-11,13H2,1-5H3,(H,24,27). The number of thiazole rings is 1. The average molecular weight is 434 g/mol. The molecule has 1 aliphatic heterocycles. The highest BCUT2D eigenvalue weighted by atomic mass is 32.1. The predicted octanol–water partition coefficient (Wildman–Crippen LogP) is 4.79. The van der Waals surface area contributed by atoms with E-state index in [2.05, 4.69) is 49.8 Å². The van der Waals surface area contributed by atoms with Gasteiger partial charge in [0.25, 0.3) is 11.1 Å². The quantitative estimate of drug-likeness (QED) is 0.654. The molecule has 1 amide bonds. The topological polar surface area (TPSA) is 63.7 Å². The summed E-state index contributed by atoms with van der Waals surface area (Å²) < 4.78 is 11.8. The Balaban J connectivity index is 1.27. The van der Waals surface area contributed by atoms with Crippen molar-refractivity contribution in [1.29, 1.82) is 0 Å². The van der Waals surface area contributed by atoms with Gasteiger partial charge < -0.3 is 14.8 Å². The number of hydrogen-bond acceptors (Lipinski definition) is 6. The van der Waals surface area contributed by atoms with Crippen LogP contribution in [0.1, 0.15) is 76.4 Å². The molecule has 2 saturated carbocycles. The summed E-state index contributed by atoms with van der Waals surface area (Å²) in [6, 6.07) is 0. The Morgan fingerprint density at radius 1 is 1.33 bits per heavy atom. The summed E-state index contributed by atoms with van der Waals surface area (Å²) in [5, 5.41) is 3.52. The minimum Gasteiger partial charge on any atom is -0.473 e. The van der Waals surface area contributed by atoms with Gasteiger partial charge >= 0.3 is 0 Å². The molecule has 0 spiro atoms. The fourth-order valence-electron chi connectivity index (χ4n) is 5.69. The molecular formula is C23H35N3O3S. The third-order valence-electron chi connectivity index (χ3n) is 6.94. The van der Waals surface area contributed by atoms with Gasteiger partial charge in [0, 0.05) is 12.1 Å². The molecule has 0 atom stereocenters. The lowest BCUT2D eigenvalue weighted by molar-refractivity contribution is -0.0735. The maximum atomic E-state index is 12.5. The molecule has 2 aliphatic carbocycles.